The summed E-state index contributed by atoms with van der Waals surface area (Å²) >= 11 is 0. The van der Waals surface area contributed by atoms with Gasteiger partial charge in [0.25, 0.3) is 5.56 Å². The van der Waals surface area contributed by atoms with Gasteiger partial charge in [-0.1, -0.05) is 12.1 Å². The highest BCUT2D eigenvalue weighted by molar-refractivity contribution is 5.66. The molecule has 0 saturated carbocycles. The number of hydrogen-bond donors (Lipinski definition) is 2. The maximum absolute atomic E-state index is 13.5. The van der Waals surface area contributed by atoms with Crippen LogP contribution in [0, 0.1) is 5.82 Å². The normalized spacial score (nSPS) is 24.1. The number of hydrogen-bond acceptors (Lipinski definition) is 3. The molecule has 1 saturated heterocycles. The summed E-state index contributed by atoms with van der Waals surface area (Å²) in [4.78, 5) is 24.3. The van der Waals surface area contributed by atoms with Gasteiger partial charge in [-0.3, -0.25) is 4.79 Å². The maximum Gasteiger partial charge on any atom is 0.407 e. The molecule has 1 aliphatic heterocycles. The van der Waals surface area contributed by atoms with Crippen LogP contribution in [-0.2, 0) is 6.42 Å². The first-order chi connectivity index (χ1) is 11.4. The third-order valence-corrected chi connectivity index (χ3v) is 4.69. The molecule has 2 atom stereocenters. The number of benzene rings is 1. The fourth-order valence-corrected chi connectivity index (χ4v) is 3.62. The highest BCUT2D eigenvalue weighted by Crippen LogP contribution is 2.39. The van der Waals surface area contributed by atoms with Crippen molar-refractivity contribution in [3.63, 3.8) is 0 Å². The molecule has 0 unspecified atom stereocenters. The molecule has 1 aromatic heterocycles. The van der Waals surface area contributed by atoms with Crippen LogP contribution in [0.2, 0.25) is 0 Å². The second-order valence-electron chi connectivity index (χ2n) is 6.54. The topological polar surface area (TPSA) is 86.5 Å². The summed E-state index contributed by atoms with van der Waals surface area (Å²) in [5.41, 5.74) is -0.282. The van der Waals surface area contributed by atoms with Crippen molar-refractivity contribution in [3.05, 3.63) is 57.8 Å². The molecule has 1 aliphatic rings. The lowest BCUT2D eigenvalue weighted by Crippen LogP contribution is -2.55. The predicted octanol–water partition coefficient (Wildman–Crippen LogP) is 2.97. The van der Waals surface area contributed by atoms with Gasteiger partial charge in [0.1, 0.15) is 11.6 Å². The molecule has 0 bridgehead atoms. The number of carbonyl (C=O) groups is 1. The van der Waals surface area contributed by atoms with Crippen molar-refractivity contribution in [2.45, 2.75) is 37.6 Å². The molecule has 0 spiro atoms. The van der Waals surface area contributed by atoms with Crippen molar-refractivity contribution < 1.29 is 18.8 Å². The van der Waals surface area contributed by atoms with Gasteiger partial charge in [0.15, 0.2) is 0 Å². The standard InChI is InChI=1S/C17H19FN2O4/c1-17(9-11-3-2-4-13(18)7-11)10-12(5-6-20(17)16(22)23)14-8-15(21)19-24-14/h2-4,7-8,12H,5-6,9-10H2,1H3,(H,19,21)(H,22,23)/t12-,17+/m0/s1. The van der Waals surface area contributed by atoms with Gasteiger partial charge in [-0.15, -0.1) is 0 Å². The van der Waals surface area contributed by atoms with Crippen LogP contribution in [0.3, 0.4) is 0 Å². The zero-order valence-electron chi connectivity index (χ0n) is 13.3. The van der Waals surface area contributed by atoms with Crippen molar-refractivity contribution in [2.24, 2.45) is 0 Å². The molecular weight excluding hydrogens is 315 g/mol. The first-order valence-corrected chi connectivity index (χ1v) is 7.81. The summed E-state index contributed by atoms with van der Waals surface area (Å²) in [5, 5.41) is 11.8. The van der Waals surface area contributed by atoms with E-state index in [2.05, 4.69) is 5.16 Å². The molecule has 2 heterocycles. The van der Waals surface area contributed by atoms with Crippen LogP contribution < -0.4 is 5.56 Å². The number of rotatable bonds is 3. The Labute approximate surface area is 137 Å². The molecule has 1 fully saturated rings. The Morgan fingerprint density at radius 1 is 1.50 bits per heavy atom. The lowest BCUT2D eigenvalue weighted by molar-refractivity contribution is 0.0461. The highest BCUT2D eigenvalue weighted by Gasteiger charge is 2.42. The van der Waals surface area contributed by atoms with E-state index in [9.17, 15) is 19.1 Å². The predicted molar refractivity (Wildman–Crippen MR) is 84.5 cm³/mol. The molecule has 24 heavy (non-hydrogen) atoms. The minimum atomic E-state index is -0.997. The summed E-state index contributed by atoms with van der Waals surface area (Å²) in [6.07, 6.45) is 0.466. The van der Waals surface area contributed by atoms with E-state index in [0.29, 0.717) is 31.6 Å². The number of nitrogens with one attached hydrogen (secondary N) is 1. The van der Waals surface area contributed by atoms with E-state index in [1.807, 2.05) is 6.92 Å². The lowest BCUT2D eigenvalue weighted by Gasteiger charge is -2.46. The van der Waals surface area contributed by atoms with E-state index in [4.69, 9.17) is 4.52 Å². The van der Waals surface area contributed by atoms with Crippen molar-refractivity contribution in [2.75, 3.05) is 6.54 Å². The fourth-order valence-electron chi connectivity index (χ4n) is 3.62. The van der Waals surface area contributed by atoms with Gasteiger partial charge in [-0.2, -0.15) is 5.16 Å². The van der Waals surface area contributed by atoms with Gasteiger partial charge in [0.2, 0.25) is 0 Å². The average Bonchev–Trinajstić information content (AvgIpc) is 2.93. The maximum atomic E-state index is 13.5. The van der Waals surface area contributed by atoms with Gasteiger partial charge in [0.05, 0.1) is 0 Å². The SMILES string of the molecule is C[C@@]1(Cc2cccc(F)c2)C[C@@H](c2cc(=O)[nH]o2)CCN1C(=O)O. The summed E-state index contributed by atoms with van der Waals surface area (Å²) in [6.45, 7) is 2.18. The van der Waals surface area contributed by atoms with Gasteiger partial charge in [0, 0.05) is 24.1 Å². The van der Waals surface area contributed by atoms with Crippen LogP contribution in [0.5, 0.6) is 0 Å². The van der Waals surface area contributed by atoms with Crippen LogP contribution in [-0.4, -0.2) is 33.3 Å². The van der Waals surface area contributed by atoms with Crippen LogP contribution in [0.4, 0.5) is 9.18 Å². The second kappa shape index (κ2) is 6.14. The minimum Gasteiger partial charge on any atom is -0.465 e. The Balaban J connectivity index is 1.89. The van der Waals surface area contributed by atoms with Crippen LogP contribution in [0.1, 0.15) is 37.0 Å². The lowest BCUT2D eigenvalue weighted by atomic mass is 9.77. The van der Waals surface area contributed by atoms with Crippen LogP contribution in [0.25, 0.3) is 0 Å². The number of likely N-dealkylation sites (tertiary alicyclic amines) is 1. The second-order valence-corrected chi connectivity index (χ2v) is 6.54. The quantitative estimate of drug-likeness (QED) is 0.903. The summed E-state index contributed by atoms with van der Waals surface area (Å²) in [7, 11) is 0. The summed E-state index contributed by atoms with van der Waals surface area (Å²) < 4.78 is 18.7. The minimum absolute atomic E-state index is 0.0573. The van der Waals surface area contributed by atoms with Gasteiger partial charge in [-0.05, 0) is 43.9 Å². The highest BCUT2D eigenvalue weighted by atomic mass is 19.1. The molecule has 0 aliphatic carbocycles. The molecule has 6 nitrogen and oxygen atoms in total. The van der Waals surface area contributed by atoms with Gasteiger partial charge < -0.3 is 14.5 Å². The van der Waals surface area contributed by atoms with Gasteiger partial charge in [-0.25, -0.2) is 9.18 Å². The largest absolute Gasteiger partial charge is 0.465 e. The molecule has 128 valence electrons. The van der Waals surface area contributed by atoms with Crippen LogP contribution in [0.15, 0.2) is 39.6 Å². The van der Waals surface area contributed by atoms with E-state index >= 15 is 0 Å². The Hall–Kier alpha value is -2.57. The average molecular weight is 334 g/mol. The zero-order valence-corrected chi connectivity index (χ0v) is 13.3. The molecule has 1 amide bonds. The number of carboxylic acid groups (broad SMARTS) is 1. The third-order valence-electron chi connectivity index (χ3n) is 4.69. The number of aromatic amines is 1. The molecular formula is C17H19FN2O4. The third kappa shape index (κ3) is 3.20. The van der Waals surface area contributed by atoms with Crippen LogP contribution >= 0.6 is 0 Å². The number of H-pyrrole nitrogens is 1. The number of piperidine rings is 1. The van der Waals surface area contributed by atoms with Crippen molar-refractivity contribution >= 4 is 6.09 Å². The van der Waals surface area contributed by atoms with Crippen molar-refractivity contribution in [1.82, 2.24) is 10.1 Å². The van der Waals surface area contributed by atoms with E-state index in [1.54, 1.807) is 12.1 Å². The fraction of sp³-hybridized carbons (Fsp3) is 0.412. The zero-order chi connectivity index (χ0) is 17.3. The van der Waals surface area contributed by atoms with E-state index in [-0.39, 0.29) is 17.3 Å². The molecule has 2 N–H and O–H groups in total. The van der Waals surface area contributed by atoms with E-state index in [0.717, 1.165) is 5.56 Å². The number of amides is 1. The molecule has 0 radical (unpaired) electrons. The summed E-state index contributed by atoms with van der Waals surface area (Å²) in [6, 6.07) is 7.59. The van der Waals surface area contributed by atoms with E-state index in [1.165, 1.54) is 23.1 Å². The Morgan fingerprint density at radius 2 is 2.29 bits per heavy atom. The smallest absolute Gasteiger partial charge is 0.407 e. The number of halogens is 1. The molecule has 3 rings (SSSR count). The Kier molecular flexibility index (Phi) is 4.17. The Morgan fingerprint density at radius 3 is 2.92 bits per heavy atom. The first-order valence-electron chi connectivity index (χ1n) is 7.81. The molecule has 7 heteroatoms. The first kappa shape index (κ1) is 16.3. The van der Waals surface area contributed by atoms with Crippen molar-refractivity contribution in [1.29, 1.82) is 0 Å². The number of aromatic nitrogens is 1. The summed E-state index contributed by atoms with van der Waals surface area (Å²) in [5.74, 6) is 0.135. The van der Waals surface area contributed by atoms with E-state index < -0.39 is 11.6 Å². The molecule has 1 aromatic carbocycles. The Bertz CT molecular complexity index is 800. The molecule has 2 aromatic rings. The monoisotopic (exact) mass is 334 g/mol. The number of nitrogens with zero attached hydrogens (tertiary/aromatic N) is 1. The van der Waals surface area contributed by atoms with Crippen molar-refractivity contribution in [3.8, 4) is 0 Å². The van der Waals surface area contributed by atoms with Gasteiger partial charge >= 0.3 is 6.09 Å².